The molecule has 9 nitrogen and oxygen atoms in total. The molecule has 0 bridgehead atoms. The van der Waals surface area contributed by atoms with Crippen molar-refractivity contribution in [3.05, 3.63) is 77.6 Å². The minimum absolute atomic E-state index is 0.00940. The summed E-state index contributed by atoms with van der Waals surface area (Å²) in [7, 11) is -4.10. The van der Waals surface area contributed by atoms with E-state index in [4.69, 9.17) is 5.73 Å². The van der Waals surface area contributed by atoms with Crippen LogP contribution in [0, 0.1) is 17.7 Å². The third-order valence-corrected chi connectivity index (χ3v) is 9.22. The number of rotatable bonds is 7. The van der Waals surface area contributed by atoms with E-state index in [1.165, 1.54) is 18.2 Å². The summed E-state index contributed by atoms with van der Waals surface area (Å²) in [6.07, 6.45) is -1.29. The van der Waals surface area contributed by atoms with Gasteiger partial charge < -0.3 is 11.1 Å². The SMILES string of the molecule is NC(=O)c1ccc(-c2cnc(C(F)(F)F)nc2)cc1CNC(=O)C1C2CCC2CN1S(=O)(=O)c1ccc(F)cc1. The summed E-state index contributed by atoms with van der Waals surface area (Å²) in [5, 5.41) is 2.70. The normalized spacial score (nSPS) is 20.9. The third-order valence-electron chi connectivity index (χ3n) is 7.36. The molecule has 2 amide bonds. The first-order chi connectivity index (χ1) is 18.9. The molecule has 2 fully saturated rings. The van der Waals surface area contributed by atoms with Crippen LogP contribution in [0.4, 0.5) is 17.6 Å². The Morgan fingerprint density at radius 1 is 1.02 bits per heavy atom. The maximum Gasteiger partial charge on any atom is 0.451 e. The van der Waals surface area contributed by atoms with Crippen molar-refractivity contribution in [3.63, 3.8) is 0 Å². The minimum Gasteiger partial charge on any atom is -0.366 e. The highest BCUT2D eigenvalue weighted by Gasteiger charge is 2.54. The van der Waals surface area contributed by atoms with Crippen LogP contribution in [-0.4, -0.2) is 47.1 Å². The number of amides is 2. The molecule has 3 unspecified atom stereocenters. The third kappa shape index (κ3) is 5.16. The lowest BCUT2D eigenvalue weighted by atomic mass is 9.73. The van der Waals surface area contributed by atoms with Crippen LogP contribution < -0.4 is 11.1 Å². The Labute approximate surface area is 226 Å². The Hall–Kier alpha value is -3.91. The van der Waals surface area contributed by atoms with Gasteiger partial charge in [-0.2, -0.15) is 17.5 Å². The molecule has 210 valence electrons. The molecule has 1 aliphatic carbocycles. The molecule has 2 aromatic carbocycles. The standard InChI is InChI=1S/C26H23F4N5O4S/c27-18-3-5-19(6-4-18)40(38,39)35-13-15-2-7-20(15)22(35)24(37)32-10-16-9-14(1-8-21(16)23(31)36)17-11-33-25(34-12-17)26(28,29)30/h1,3-6,8-9,11-12,15,20,22H,2,7,10,13H2,(H2,31,36)(H,32,37). The van der Waals surface area contributed by atoms with Gasteiger partial charge in [0, 0.05) is 36.6 Å². The Morgan fingerprint density at radius 3 is 2.27 bits per heavy atom. The number of aromatic nitrogens is 2. The molecule has 1 aliphatic heterocycles. The number of nitrogens with two attached hydrogens (primary N) is 1. The van der Waals surface area contributed by atoms with Crippen molar-refractivity contribution in [3.8, 4) is 11.1 Å². The van der Waals surface area contributed by atoms with Crippen molar-refractivity contribution < 1.29 is 35.6 Å². The average Bonchev–Trinajstić information content (AvgIpc) is 3.17. The quantitative estimate of drug-likeness (QED) is 0.415. The van der Waals surface area contributed by atoms with Gasteiger partial charge in [0.05, 0.1) is 4.90 Å². The Kier molecular flexibility index (Phi) is 7.08. The maximum atomic E-state index is 13.4. The number of hydrogen-bond acceptors (Lipinski definition) is 6. The van der Waals surface area contributed by atoms with Gasteiger partial charge in [0.2, 0.25) is 27.7 Å². The number of carbonyl (C=O) groups is 2. The summed E-state index contributed by atoms with van der Waals surface area (Å²) in [6.45, 7) is -0.0524. The second kappa shape index (κ2) is 10.2. The highest BCUT2D eigenvalue weighted by Crippen LogP contribution is 2.46. The highest BCUT2D eigenvalue weighted by atomic mass is 32.2. The number of carbonyl (C=O) groups excluding carboxylic acids is 2. The molecule has 5 rings (SSSR count). The lowest BCUT2D eigenvalue weighted by Crippen LogP contribution is -2.49. The van der Waals surface area contributed by atoms with E-state index < -0.39 is 45.7 Å². The van der Waals surface area contributed by atoms with Crippen molar-refractivity contribution in [2.24, 2.45) is 17.6 Å². The van der Waals surface area contributed by atoms with Crippen molar-refractivity contribution in [2.45, 2.75) is 36.5 Å². The summed E-state index contributed by atoms with van der Waals surface area (Å²) < 4.78 is 79.7. The van der Waals surface area contributed by atoms with Crippen LogP contribution in [0.3, 0.4) is 0 Å². The molecule has 40 heavy (non-hydrogen) atoms. The van der Waals surface area contributed by atoms with E-state index in [1.807, 2.05) is 0 Å². The second-order valence-electron chi connectivity index (χ2n) is 9.72. The summed E-state index contributed by atoms with van der Waals surface area (Å²) in [6, 6.07) is 7.67. The van der Waals surface area contributed by atoms with Gasteiger partial charge >= 0.3 is 6.18 Å². The van der Waals surface area contributed by atoms with Crippen LogP contribution >= 0.6 is 0 Å². The number of halogens is 4. The second-order valence-corrected chi connectivity index (χ2v) is 11.6. The number of hydrogen-bond donors (Lipinski definition) is 2. The van der Waals surface area contributed by atoms with Gasteiger partial charge in [0.15, 0.2) is 0 Å². The van der Waals surface area contributed by atoms with Gasteiger partial charge in [-0.25, -0.2) is 22.8 Å². The fourth-order valence-electron chi connectivity index (χ4n) is 5.18. The van der Waals surface area contributed by atoms with Crippen LogP contribution in [0.15, 0.2) is 59.8 Å². The fourth-order valence-corrected chi connectivity index (χ4v) is 6.87. The first kappa shape index (κ1) is 27.6. The first-order valence-corrected chi connectivity index (χ1v) is 13.7. The van der Waals surface area contributed by atoms with Crippen molar-refractivity contribution >= 4 is 21.8 Å². The van der Waals surface area contributed by atoms with E-state index in [2.05, 4.69) is 15.3 Å². The maximum absolute atomic E-state index is 13.4. The molecule has 3 aromatic rings. The molecule has 2 aliphatic rings. The summed E-state index contributed by atoms with van der Waals surface area (Å²) in [4.78, 5) is 32.0. The van der Waals surface area contributed by atoms with Gasteiger partial charge in [-0.3, -0.25) is 9.59 Å². The Bertz CT molecular complexity index is 1560. The predicted octanol–water partition coefficient (Wildman–Crippen LogP) is 3.12. The zero-order chi connectivity index (χ0) is 28.8. The topological polar surface area (TPSA) is 135 Å². The summed E-state index contributed by atoms with van der Waals surface area (Å²) >= 11 is 0. The zero-order valence-electron chi connectivity index (χ0n) is 20.7. The molecular formula is C26H23F4N5O4S. The van der Waals surface area contributed by atoms with E-state index >= 15 is 0 Å². The number of nitrogens with one attached hydrogen (secondary N) is 1. The van der Waals surface area contributed by atoms with E-state index in [9.17, 15) is 35.6 Å². The smallest absolute Gasteiger partial charge is 0.366 e. The molecule has 14 heteroatoms. The molecule has 0 radical (unpaired) electrons. The summed E-state index contributed by atoms with van der Waals surface area (Å²) in [5.74, 6) is -3.44. The van der Waals surface area contributed by atoms with Gasteiger partial charge in [0.25, 0.3) is 0 Å². The lowest BCUT2D eigenvalue weighted by Gasteiger charge is -2.33. The van der Waals surface area contributed by atoms with E-state index in [0.29, 0.717) is 12.0 Å². The number of sulfonamides is 1. The monoisotopic (exact) mass is 577 g/mol. The number of benzene rings is 2. The lowest BCUT2D eigenvalue weighted by molar-refractivity contribution is -0.145. The average molecular weight is 578 g/mol. The van der Waals surface area contributed by atoms with E-state index in [1.54, 1.807) is 0 Å². The number of nitrogens with zero attached hydrogens (tertiary/aromatic N) is 3. The number of primary amides is 1. The number of alkyl halides is 3. The zero-order valence-corrected chi connectivity index (χ0v) is 21.5. The van der Waals surface area contributed by atoms with Crippen molar-refractivity contribution in [1.82, 2.24) is 19.6 Å². The molecule has 0 spiro atoms. The Balaban J connectivity index is 1.38. The molecular weight excluding hydrogens is 554 g/mol. The van der Waals surface area contributed by atoms with Crippen LogP contribution in [0.2, 0.25) is 0 Å². The van der Waals surface area contributed by atoms with Crippen LogP contribution in [0.25, 0.3) is 11.1 Å². The predicted molar refractivity (Wildman–Crippen MR) is 133 cm³/mol. The molecule has 1 saturated carbocycles. The van der Waals surface area contributed by atoms with Gasteiger partial charge in [-0.05, 0) is 72.2 Å². The molecule has 1 saturated heterocycles. The van der Waals surface area contributed by atoms with E-state index in [0.717, 1.165) is 47.4 Å². The molecule has 3 N–H and O–H groups in total. The van der Waals surface area contributed by atoms with Crippen LogP contribution in [0.1, 0.15) is 34.6 Å². The number of fused-ring (bicyclic) bond motifs is 1. The fraction of sp³-hybridized carbons (Fsp3) is 0.308. The van der Waals surface area contributed by atoms with Crippen molar-refractivity contribution in [2.75, 3.05) is 6.54 Å². The minimum atomic E-state index is -4.71. The molecule has 1 aromatic heterocycles. The first-order valence-electron chi connectivity index (χ1n) is 12.2. The Morgan fingerprint density at radius 2 is 1.70 bits per heavy atom. The van der Waals surface area contributed by atoms with Crippen LogP contribution in [0.5, 0.6) is 0 Å². The molecule has 2 heterocycles. The largest absolute Gasteiger partial charge is 0.451 e. The highest BCUT2D eigenvalue weighted by molar-refractivity contribution is 7.89. The van der Waals surface area contributed by atoms with Gasteiger partial charge in [-0.1, -0.05) is 6.07 Å². The van der Waals surface area contributed by atoms with Gasteiger partial charge in [-0.15, -0.1) is 0 Å². The van der Waals surface area contributed by atoms with Crippen LogP contribution in [-0.2, 0) is 27.5 Å². The van der Waals surface area contributed by atoms with Gasteiger partial charge in [0.1, 0.15) is 11.9 Å². The summed E-state index contributed by atoms with van der Waals surface area (Å²) in [5.41, 5.74) is 6.45. The molecule has 3 atom stereocenters. The van der Waals surface area contributed by atoms with E-state index in [-0.39, 0.29) is 46.5 Å². The van der Waals surface area contributed by atoms with Crippen molar-refractivity contribution in [1.29, 1.82) is 0 Å².